The Labute approximate surface area is 132 Å². The summed E-state index contributed by atoms with van der Waals surface area (Å²) in [6.45, 7) is 6.05. The quantitative estimate of drug-likeness (QED) is 0.924. The van der Waals surface area contributed by atoms with Crippen molar-refractivity contribution in [3.63, 3.8) is 0 Å². The van der Waals surface area contributed by atoms with E-state index in [4.69, 9.17) is 9.26 Å². The minimum atomic E-state index is -0.118. The number of carbonyl (C=O) groups is 1. The fraction of sp³-hybridized carbons (Fsp3) is 0.500. The summed E-state index contributed by atoms with van der Waals surface area (Å²) in [6, 6.07) is 1.69. The number of carbonyl (C=O) groups excluding carboxylic acids is 1. The normalized spacial score (nSPS) is 19.3. The molecule has 8 heteroatoms. The number of thiazole rings is 1. The lowest BCUT2D eigenvalue weighted by atomic mass is 10.2. The Bertz CT molecular complexity index is 654. The van der Waals surface area contributed by atoms with Crippen LogP contribution in [0.25, 0.3) is 0 Å². The molecule has 2 aromatic rings. The summed E-state index contributed by atoms with van der Waals surface area (Å²) >= 11 is 1.60. The average Bonchev–Trinajstić information content (AvgIpc) is 3.08. The molecule has 22 heavy (non-hydrogen) atoms. The molecule has 2 aromatic heterocycles. The first-order valence-electron chi connectivity index (χ1n) is 7.09. The maximum atomic E-state index is 12.0. The van der Waals surface area contributed by atoms with Gasteiger partial charge in [-0.15, -0.1) is 11.3 Å². The zero-order valence-electron chi connectivity index (χ0n) is 12.5. The number of rotatable bonds is 4. The fourth-order valence-corrected chi connectivity index (χ4v) is 3.15. The van der Waals surface area contributed by atoms with Gasteiger partial charge in [-0.3, -0.25) is 15.0 Å². The second-order valence-corrected chi connectivity index (χ2v) is 6.19. The largest absolute Gasteiger partial charge is 0.368 e. The zero-order valence-corrected chi connectivity index (χ0v) is 13.4. The summed E-state index contributed by atoms with van der Waals surface area (Å²) in [6.07, 6.45) is -0.0622. The topological polar surface area (TPSA) is 80.5 Å². The highest BCUT2D eigenvalue weighted by Gasteiger charge is 2.25. The first kappa shape index (κ1) is 15.1. The molecule has 1 fully saturated rings. The molecule has 0 spiro atoms. The molecule has 0 aliphatic carbocycles. The standard InChI is InChI=1S/C14H18N4O3S/c1-9-5-13(21-17-9)16-12(19)7-18-3-4-20-11(6-18)14-15-10(2)8-22-14/h5,8,11H,3-4,6-7H2,1-2H3,(H,16,19)/t11-/m1/s1. The summed E-state index contributed by atoms with van der Waals surface area (Å²) in [5.41, 5.74) is 1.74. The number of nitrogens with zero attached hydrogens (tertiary/aromatic N) is 3. The molecule has 0 saturated carbocycles. The van der Waals surface area contributed by atoms with Gasteiger partial charge in [0.25, 0.3) is 0 Å². The number of amides is 1. The van der Waals surface area contributed by atoms with Crippen LogP contribution in [0.1, 0.15) is 22.5 Å². The van der Waals surface area contributed by atoms with E-state index in [1.165, 1.54) is 0 Å². The van der Waals surface area contributed by atoms with Gasteiger partial charge in [-0.25, -0.2) is 4.98 Å². The van der Waals surface area contributed by atoms with Crippen molar-refractivity contribution in [2.45, 2.75) is 20.0 Å². The van der Waals surface area contributed by atoms with Crippen molar-refractivity contribution in [1.29, 1.82) is 0 Å². The number of ether oxygens (including phenoxy) is 1. The Morgan fingerprint density at radius 3 is 3.05 bits per heavy atom. The number of hydrogen-bond donors (Lipinski definition) is 1. The van der Waals surface area contributed by atoms with Crippen LogP contribution in [-0.4, -0.2) is 47.2 Å². The molecule has 1 amide bonds. The molecule has 0 radical (unpaired) electrons. The Morgan fingerprint density at radius 1 is 1.50 bits per heavy atom. The van der Waals surface area contributed by atoms with Crippen LogP contribution in [0.4, 0.5) is 5.88 Å². The van der Waals surface area contributed by atoms with Gasteiger partial charge in [-0.2, -0.15) is 0 Å². The number of aromatic nitrogens is 2. The minimum absolute atomic E-state index is 0.0622. The van der Waals surface area contributed by atoms with Gasteiger partial charge < -0.3 is 9.26 Å². The Balaban J connectivity index is 1.54. The molecule has 0 unspecified atom stereocenters. The van der Waals surface area contributed by atoms with Crippen LogP contribution in [0, 0.1) is 13.8 Å². The van der Waals surface area contributed by atoms with Gasteiger partial charge >= 0.3 is 0 Å². The van der Waals surface area contributed by atoms with E-state index in [1.54, 1.807) is 17.4 Å². The monoisotopic (exact) mass is 322 g/mol. The highest BCUT2D eigenvalue weighted by Crippen LogP contribution is 2.25. The van der Waals surface area contributed by atoms with E-state index < -0.39 is 0 Å². The van der Waals surface area contributed by atoms with Crippen LogP contribution in [0.2, 0.25) is 0 Å². The van der Waals surface area contributed by atoms with Gasteiger partial charge in [0.1, 0.15) is 11.1 Å². The highest BCUT2D eigenvalue weighted by molar-refractivity contribution is 7.09. The van der Waals surface area contributed by atoms with E-state index in [0.717, 1.165) is 22.9 Å². The molecular formula is C14H18N4O3S. The van der Waals surface area contributed by atoms with E-state index in [-0.39, 0.29) is 12.0 Å². The second-order valence-electron chi connectivity index (χ2n) is 5.30. The van der Waals surface area contributed by atoms with Crippen LogP contribution in [0.15, 0.2) is 16.0 Å². The lowest BCUT2D eigenvalue weighted by Gasteiger charge is -2.31. The predicted molar refractivity (Wildman–Crippen MR) is 81.9 cm³/mol. The van der Waals surface area contributed by atoms with Crippen LogP contribution >= 0.6 is 11.3 Å². The van der Waals surface area contributed by atoms with E-state index in [1.807, 2.05) is 19.2 Å². The third-order valence-corrected chi connectivity index (χ3v) is 4.38. The summed E-state index contributed by atoms with van der Waals surface area (Å²) in [4.78, 5) is 18.6. The second kappa shape index (κ2) is 6.55. The number of hydrogen-bond acceptors (Lipinski definition) is 7. The fourth-order valence-electron chi connectivity index (χ4n) is 2.32. The van der Waals surface area contributed by atoms with Crippen molar-refractivity contribution in [1.82, 2.24) is 15.0 Å². The third-order valence-electron chi connectivity index (χ3n) is 3.32. The molecule has 1 N–H and O–H groups in total. The van der Waals surface area contributed by atoms with Crippen molar-refractivity contribution < 1.29 is 14.1 Å². The van der Waals surface area contributed by atoms with Crippen LogP contribution in [0.3, 0.4) is 0 Å². The van der Waals surface area contributed by atoms with Crippen molar-refractivity contribution >= 4 is 23.1 Å². The van der Waals surface area contributed by atoms with Crippen molar-refractivity contribution in [2.75, 3.05) is 31.6 Å². The lowest BCUT2D eigenvalue weighted by Crippen LogP contribution is -2.42. The Morgan fingerprint density at radius 2 is 2.36 bits per heavy atom. The van der Waals surface area contributed by atoms with Crippen molar-refractivity contribution in [2.24, 2.45) is 0 Å². The summed E-state index contributed by atoms with van der Waals surface area (Å²) in [5, 5.41) is 9.42. The van der Waals surface area contributed by atoms with E-state index in [9.17, 15) is 4.79 Å². The van der Waals surface area contributed by atoms with Gasteiger partial charge in [-0.05, 0) is 13.8 Å². The average molecular weight is 322 g/mol. The van der Waals surface area contributed by atoms with Crippen molar-refractivity contribution in [3.05, 3.63) is 27.8 Å². The van der Waals surface area contributed by atoms with Gasteiger partial charge in [0, 0.05) is 30.2 Å². The Hall–Kier alpha value is -1.77. The SMILES string of the molecule is Cc1cc(NC(=O)CN2CCO[C@@H](c3nc(C)cs3)C2)on1. The molecule has 118 valence electrons. The first-order chi connectivity index (χ1) is 10.6. The zero-order chi connectivity index (χ0) is 15.5. The summed E-state index contributed by atoms with van der Waals surface area (Å²) in [7, 11) is 0. The van der Waals surface area contributed by atoms with E-state index in [0.29, 0.717) is 25.6 Å². The smallest absolute Gasteiger partial charge is 0.240 e. The predicted octanol–water partition coefficient (Wildman–Crippen LogP) is 1.76. The molecular weight excluding hydrogens is 304 g/mol. The van der Waals surface area contributed by atoms with E-state index >= 15 is 0 Å². The number of aryl methyl sites for hydroxylation is 2. The molecule has 0 bridgehead atoms. The Kier molecular flexibility index (Phi) is 4.51. The molecule has 3 heterocycles. The van der Waals surface area contributed by atoms with Gasteiger partial charge in [0.2, 0.25) is 11.8 Å². The lowest BCUT2D eigenvalue weighted by molar-refractivity contribution is -0.119. The van der Waals surface area contributed by atoms with Gasteiger partial charge in [0.15, 0.2) is 0 Å². The first-order valence-corrected chi connectivity index (χ1v) is 7.97. The highest BCUT2D eigenvalue weighted by atomic mass is 32.1. The van der Waals surface area contributed by atoms with Crippen LogP contribution in [0.5, 0.6) is 0 Å². The summed E-state index contributed by atoms with van der Waals surface area (Å²) < 4.78 is 10.7. The molecule has 1 aliphatic rings. The molecule has 1 aliphatic heterocycles. The van der Waals surface area contributed by atoms with Crippen molar-refractivity contribution in [3.8, 4) is 0 Å². The van der Waals surface area contributed by atoms with E-state index in [2.05, 4.69) is 20.4 Å². The molecule has 7 nitrogen and oxygen atoms in total. The molecule has 1 atom stereocenters. The van der Waals surface area contributed by atoms with Gasteiger partial charge in [-0.1, -0.05) is 5.16 Å². The van der Waals surface area contributed by atoms with Crippen LogP contribution in [-0.2, 0) is 9.53 Å². The molecule has 1 saturated heterocycles. The van der Waals surface area contributed by atoms with Crippen LogP contribution < -0.4 is 5.32 Å². The number of anilines is 1. The third kappa shape index (κ3) is 3.70. The summed E-state index contributed by atoms with van der Waals surface area (Å²) in [5.74, 6) is 0.259. The minimum Gasteiger partial charge on any atom is -0.368 e. The molecule has 3 rings (SSSR count). The molecule has 0 aromatic carbocycles. The van der Waals surface area contributed by atoms with Gasteiger partial charge in [0.05, 0.1) is 18.8 Å². The number of morpholine rings is 1. The maximum Gasteiger partial charge on any atom is 0.240 e. The maximum absolute atomic E-state index is 12.0. The number of nitrogens with one attached hydrogen (secondary N) is 1.